The highest BCUT2D eigenvalue weighted by Gasteiger charge is 2.57. The predicted octanol–water partition coefficient (Wildman–Crippen LogP) is -14.1. The summed E-state index contributed by atoms with van der Waals surface area (Å²) in [5, 5.41) is 209. The van der Waals surface area contributed by atoms with E-state index in [-0.39, 0.29) is 0 Å². The molecule has 30 atom stereocenters. The first-order valence-corrected chi connectivity index (χ1v) is 21.1. The van der Waals surface area contributed by atoms with Crippen molar-refractivity contribution in [3.05, 3.63) is 0 Å². The number of hydrogen-bond donors (Lipinski definition) is 20. The molecule has 0 aromatic carbocycles. The molecule has 0 bridgehead atoms. The van der Waals surface area contributed by atoms with E-state index in [1.165, 1.54) is 0 Å². The molecule has 20 N–H and O–H groups in total. The van der Waals surface area contributed by atoms with E-state index < -0.39 is 224 Å². The molecule has 6 heterocycles. The topological polar surface area (TPSA) is 506 Å². The minimum Gasteiger partial charge on any atom is -0.394 e. The van der Waals surface area contributed by atoms with Crippen LogP contribution in [0.1, 0.15) is 0 Å². The smallest absolute Gasteiger partial charge is 0.187 e. The van der Waals surface area contributed by atoms with Crippen molar-refractivity contribution in [2.75, 3.05) is 39.6 Å². The minimum atomic E-state index is -2.18. The quantitative estimate of drug-likeness (QED) is 0.0683. The zero-order valence-electron chi connectivity index (χ0n) is 35.0. The second-order valence-electron chi connectivity index (χ2n) is 16.8. The molecule has 0 radical (unpaired) electrons. The van der Waals surface area contributed by atoms with Crippen LogP contribution in [0.15, 0.2) is 0 Å². The van der Waals surface area contributed by atoms with Gasteiger partial charge in [0.15, 0.2) is 37.7 Å². The standard InChI is InChI=1S/C36H62O31/c37-1-7-13(43)14(44)21(51)32(58-7)64-27-9(3-39)60-34(23(53)16(27)46)66-29-11(5-41)62-36(25(55)18(29)48)67-30-12(6-42)61-35(24(54)19(30)49)65-28-10(4-40)59-33(22(52)17(28)47)63-26-8(2-38)57-31(56)20(50)15(26)45/h7-56H,1-6H2. The van der Waals surface area contributed by atoms with Crippen LogP contribution in [0.4, 0.5) is 0 Å². The number of ether oxygens (including phenoxy) is 11. The highest BCUT2D eigenvalue weighted by molar-refractivity contribution is 5.00. The van der Waals surface area contributed by atoms with E-state index in [1.807, 2.05) is 0 Å². The van der Waals surface area contributed by atoms with Crippen molar-refractivity contribution >= 4 is 0 Å². The molecular formula is C36H62O31. The van der Waals surface area contributed by atoms with Crippen LogP contribution in [0.25, 0.3) is 0 Å². The molecule has 6 rings (SSSR count). The Labute approximate surface area is 378 Å². The number of hydrogen-bond acceptors (Lipinski definition) is 31. The monoisotopic (exact) mass is 990 g/mol. The summed E-state index contributed by atoms with van der Waals surface area (Å²) in [5.41, 5.74) is 0. The average molecular weight is 991 g/mol. The Morgan fingerprint density at radius 2 is 0.433 bits per heavy atom. The van der Waals surface area contributed by atoms with Gasteiger partial charge in [-0.1, -0.05) is 0 Å². The third-order valence-electron chi connectivity index (χ3n) is 12.4. The fourth-order valence-electron chi connectivity index (χ4n) is 8.52. The second kappa shape index (κ2) is 23.5. The Hall–Kier alpha value is -1.24. The van der Waals surface area contributed by atoms with Crippen molar-refractivity contribution < 1.29 is 154 Å². The molecule has 67 heavy (non-hydrogen) atoms. The molecule has 392 valence electrons. The normalized spacial score (nSPS) is 53.4. The molecule has 6 fully saturated rings. The van der Waals surface area contributed by atoms with Gasteiger partial charge in [0.25, 0.3) is 0 Å². The molecular weight excluding hydrogens is 928 g/mol. The van der Waals surface area contributed by atoms with Gasteiger partial charge in [0.1, 0.15) is 146 Å². The van der Waals surface area contributed by atoms with Gasteiger partial charge >= 0.3 is 0 Å². The Morgan fingerprint density at radius 1 is 0.224 bits per heavy atom. The molecule has 0 aliphatic carbocycles. The van der Waals surface area contributed by atoms with Gasteiger partial charge in [0.2, 0.25) is 0 Å². The summed E-state index contributed by atoms with van der Waals surface area (Å²) in [7, 11) is 0. The Bertz CT molecular complexity index is 1500. The predicted molar refractivity (Wildman–Crippen MR) is 199 cm³/mol. The molecule has 0 spiro atoms. The van der Waals surface area contributed by atoms with Gasteiger partial charge in [-0.2, -0.15) is 0 Å². The van der Waals surface area contributed by atoms with Crippen LogP contribution >= 0.6 is 0 Å². The van der Waals surface area contributed by atoms with Crippen molar-refractivity contribution in [1.82, 2.24) is 0 Å². The van der Waals surface area contributed by atoms with Crippen molar-refractivity contribution in [2.24, 2.45) is 0 Å². The van der Waals surface area contributed by atoms with Crippen molar-refractivity contribution in [3.63, 3.8) is 0 Å². The van der Waals surface area contributed by atoms with E-state index in [9.17, 15) is 102 Å². The Balaban J connectivity index is 1.07. The fourth-order valence-corrected chi connectivity index (χ4v) is 8.52. The lowest BCUT2D eigenvalue weighted by Gasteiger charge is -2.49. The summed E-state index contributed by atoms with van der Waals surface area (Å²) in [6, 6.07) is 0. The van der Waals surface area contributed by atoms with E-state index >= 15 is 0 Å². The SMILES string of the molecule is OCC1OC(OC2C(CO)OC(OC3C(CO)OC(OC4C(CO)OC(OC5C(CO)OC(OC6C(CO)OC(O)C(O)C6O)C(O)C5O)C(O)C4O)C(O)C3O)C(O)C2O)C(O)C(O)C1O. The molecule has 0 amide bonds. The average Bonchev–Trinajstić information content (AvgIpc) is 3.32. The largest absolute Gasteiger partial charge is 0.394 e. The summed E-state index contributed by atoms with van der Waals surface area (Å²) < 4.78 is 60.5. The van der Waals surface area contributed by atoms with Gasteiger partial charge in [-0.3, -0.25) is 0 Å². The van der Waals surface area contributed by atoms with Crippen LogP contribution in [-0.2, 0) is 52.1 Å². The van der Waals surface area contributed by atoms with Crippen LogP contribution in [0.3, 0.4) is 0 Å². The maximum absolute atomic E-state index is 11.2. The number of aliphatic hydroxyl groups excluding tert-OH is 20. The highest BCUT2D eigenvalue weighted by Crippen LogP contribution is 2.36. The van der Waals surface area contributed by atoms with Crippen LogP contribution in [0, 0.1) is 0 Å². The van der Waals surface area contributed by atoms with Gasteiger partial charge < -0.3 is 154 Å². The van der Waals surface area contributed by atoms with Gasteiger partial charge in [-0.25, -0.2) is 0 Å². The molecule has 6 aliphatic rings. The van der Waals surface area contributed by atoms with Crippen LogP contribution in [0.2, 0.25) is 0 Å². The summed E-state index contributed by atoms with van der Waals surface area (Å²) in [5.74, 6) is 0. The lowest BCUT2D eigenvalue weighted by atomic mass is 9.95. The van der Waals surface area contributed by atoms with Gasteiger partial charge in [0, 0.05) is 0 Å². The summed E-state index contributed by atoms with van der Waals surface area (Å²) in [6.45, 7) is -5.67. The third-order valence-corrected chi connectivity index (χ3v) is 12.4. The third kappa shape index (κ3) is 11.2. The molecule has 6 saturated heterocycles. The Morgan fingerprint density at radius 3 is 0.687 bits per heavy atom. The lowest BCUT2D eigenvalue weighted by Crippen LogP contribution is -2.68. The van der Waals surface area contributed by atoms with Crippen LogP contribution < -0.4 is 0 Å². The second-order valence-corrected chi connectivity index (χ2v) is 16.8. The van der Waals surface area contributed by atoms with E-state index in [1.54, 1.807) is 0 Å². The van der Waals surface area contributed by atoms with Gasteiger partial charge in [-0.15, -0.1) is 0 Å². The fraction of sp³-hybridized carbons (Fsp3) is 1.00. The van der Waals surface area contributed by atoms with E-state index in [4.69, 9.17) is 52.1 Å². The van der Waals surface area contributed by atoms with E-state index in [2.05, 4.69) is 0 Å². The molecule has 0 aromatic heterocycles. The van der Waals surface area contributed by atoms with Gasteiger partial charge in [0.05, 0.1) is 39.6 Å². The van der Waals surface area contributed by atoms with Crippen molar-refractivity contribution in [2.45, 2.75) is 184 Å². The Kier molecular flexibility index (Phi) is 19.4. The first kappa shape index (κ1) is 55.1. The first-order chi connectivity index (χ1) is 31.8. The van der Waals surface area contributed by atoms with Crippen LogP contribution in [-0.4, -0.2) is 326 Å². The molecule has 0 saturated carbocycles. The number of rotatable bonds is 16. The van der Waals surface area contributed by atoms with Crippen molar-refractivity contribution in [3.8, 4) is 0 Å². The summed E-state index contributed by atoms with van der Waals surface area (Å²) in [4.78, 5) is 0. The molecule has 0 aromatic rings. The molecule has 6 aliphatic heterocycles. The first-order valence-electron chi connectivity index (χ1n) is 21.1. The minimum absolute atomic E-state index is 0.830. The molecule has 31 nitrogen and oxygen atoms in total. The summed E-state index contributed by atoms with van der Waals surface area (Å²) in [6.07, 6.45) is -56.5. The molecule has 31 heteroatoms. The maximum atomic E-state index is 11.2. The highest BCUT2D eigenvalue weighted by atomic mass is 16.8. The van der Waals surface area contributed by atoms with E-state index in [0.717, 1.165) is 0 Å². The van der Waals surface area contributed by atoms with Gasteiger partial charge in [-0.05, 0) is 0 Å². The summed E-state index contributed by atoms with van der Waals surface area (Å²) >= 11 is 0. The maximum Gasteiger partial charge on any atom is 0.187 e. The number of aliphatic hydroxyl groups is 20. The lowest BCUT2D eigenvalue weighted by molar-refractivity contribution is -0.396. The van der Waals surface area contributed by atoms with Crippen molar-refractivity contribution in [1.29, 1.82) is 0 Å². The van der Waals surface area contributed by atoms with E-state index in [0.29, 0.717) is 0 Å². The zero-order valence-corrected chi connectivity index (χ0v) is 35.0. The molecule has 30 unspecified atom stereocenters. The van der Waals surface area contributed by atoms with Crippen LogP contribution in [0.5, 0.6) is 0 Å². The zero-order chi connectivity index (χ0) is 49.3.